The van der Waals surface area contributed by atoms with Crippen LogP contribution in [0.3, 0.4) is 0 Å². The van der Waals surface area contributed by atoms with Crippen LogP contribution in [-0.4, -0.2) is 29.8 Å². The van der Waals surface area contributed by atoms with Gasteiger partial charge in [0.15, 0.2) is 0 Å². The summed E-state index contributed by atoms with van der Waals surface area (Å²) in [5, 5.41) is 3.69. The highest BCUT2D eigenvalue weighted by atomic mass is 35.5. The minimum atomic E-state index is 0.175. The van der Waals surface area contributed by atoms with Gasteiger partial charge in [0.05, 0.1) is 9.94 Å². The first-order valence-electron chi connectivity index (χ1n) is 6.95. The molecule has 19 heavy (non-hydrogen) atoms. The Bertz CT molecular complexity index is 412. The molecule has 0 aliphatic carbocycles. The van der Waals surface area contributed by atoms with Gasteiger partial charge in [-0.05, 0) is 49.3 Å². The van der Waals surface area contributed by atoms with Gasteiger partial charge < -0.3 is 10.1 Å². The van der Waals surface area contributed by atoms with Gasteiger partial charge >= 0.3 is 0 Å². The van der Waals surface area contributed by atoms with Crippen LogP contribution in [0.25, 0.3) is 0 Å². The molecule has 0 amide bonds. The largest absolute Gasteiger partial charge is 0.375 e. The zero-order chi connectivity index (χ0) is 13.1. The summed E-state index contributed by atoms with van der Waals surface area (Å²) in [5.41, 5.74) is 0.175. The maximum atomic E-state index is 6.12. The van der Waals surface area contributed by atoms with Gasteiger partial charge in [-0.15, -0.1) is 11.3 Å². The summed E-state index contributed by atoms with van der Waals surface area (Å²) in [7, 11) is 0. The number of nitrogens with one attached hydrogen (secondary N) is 1. The standard InChI is InChI=1S/C14H20ClNOS2/c15-13-2-1-12(19-13)10-16-11-3-6-17-14(9-11)4-7-18-8-5-14/h1-2,11,16H,3-10H2. The maximum absolute atomic E-state index is 6.12. The van der Waals surface area contributed by atoms with Crippen LogP contribution in [0.1, 0.15) is 30.6 Å². The van der Waals surface area contributed by atoms with Crippen molar-refractivity contribution in [3.05, 3.63) is 21.3 Å². The van der Waals surface area contributed by atoms with Crippen molar-refractivity contribution in [2.24, 2.45) is 0 Å². The molecule has 3 heterocycles. The number of hydrogen-bond acceptors (Lipinski definition) is 4. The number of rotatable bonds is 3. The Balaban J connectivity index is 1.53. The molecule has 2 aliphatic heterocycles. The lowest BCUT2D eigenvalue weighted by Crippen LogP contribution is -2.48. The minimum absolute atomic E-state index is 0.175. The zero-order valence-corrected chi connectivity index (χ0v) is 13.4. The molecule has 0 bridgehead atoms. The molecule has 2 nitrogen and oxygen atoms in total. The van der Waals surface area contributed by atoms with Crippen LogP contribution in [0.2, 0.25) is 4.34 Å². The SMILES string of the molecule is Clc1ccc(CNC2CCOC3(CCSCC3)C2)s1. The summed E-state index contributed by atoms with van der Waals surface area (Å²) in [6.45, 7) is 1.85. The lowest BCUT2D eigenvalue weighted by atomic mass is 9.85. The Hall–Kier alpha value is 0.260. The third-order valence-electron chi connectivity index (χ3n) is 4.09. The van der Waals surface area contributed by atoms with E-state index >= 15 is 0 Å². The Labute approximate surface area is 128 Å². The fourth-order valence-electron chi connectivity index (χ4n) is 2.99. The van der Waals surface area contributed by atoms with E-state index in [4.69, 9.17) is 16.3 Å². The van der Waals surface area contributed by atoms with Gasteiger partial charge in [0.25, 0.3) is 0 Å². The Morgan fingerprint density at radius 3 is 2.95 bits per heavy atom. The summed E-state index contributed by atoms with van der Waals surface area (Å²) < 4.78 is 7.00. The second kappa shape index (κ2) is 6.35. The molecular formula is C14H20ClNOS2. The number of hydrogen-bond donors (Lipinski definition) is 1. The molecule has 0 aromatic carbocycles. The van der Waals surface area contributed by atoms with E-state index in [1.54, 1.807) is 11.3 Å². The van der Waals surface area contributed by atoms with Gasteiger partial charge in [-0.2, -0.15) is 11.8 Å². The normalized spacial score (nSPS) is 26.7. The molecule has 3 rings (SSSR count). The van der Waals surface area contributed by atoms with Gasteiger partial charge in [-0.25, -0.2) is 0 Å². The van der Waals surface area contributed by atoms with Crippen LogP contribution in [0.5, 0.6) is 0 Å². The highest BCUT2D eigenvalue weighted by molar-refractivity contribution is 7.99. The van der Waals surface area contributed by atoms with E-state index in [-0.39, 0.29) is 5.60 Å². The molecule has 5 heteroatoms. The number of thiophene rings is 1. The van der Waals surface area contributed by atoms with Gasteiger partial charge in [0.1, 0.15) is 0 Å². The van der Waals surface area contributed by atoms with E-state index < -0.39 is 0 Å². The van der Waals surface area contributed by atoms with Gasteiger partial charge in [0, 0.05) is 24.1 Å². The van der Waals surface area contributed by atoms with E-state index in [9.17, 15) is 0 Å². The average Bonchev–Trinajstić information content (AvgIpc) is 2.83. The van der Waals surface area contributed by atoms with Crippen molar-refractivity contribution in [2.75, 3.05) is 18.1 Å². The fourth-order valence-corrected chi connectivity index (χ4v) is 5.26. The Morgan fingerprint density at radius 2 is 2.21 bits per heavy atom. The van der Waals surface area contributed by atoms with E-state index in [1.165, 1.54) is 35.6 Å². The van der Waals surface area contributed by atoms with Crippen LogP contribution in [0.4, 0.5) is 0 Å². The Morgan fingerprint density at radius 1 is 1.37 bits per heavy atom. The third-order valence-corrected chi connectivity index (χ3v) is 6.31. The monoisotopic (exact) mass is 317 g/mol. The molecule has 1 atom stereocenters. The first kappa shape index (κ1) is 14.2. The Kier molecular flexibility index (Phi) is 4.75. The second-order valence-electron chi connectivity index (χ2n) is 5.42. The van der Waals surface area contributed by atoms with Crippen molar-refractivity contribution in [3.63, 3.8) is 0 Å². The lowest BCUT2D eigenvalue weighted by molar-refractivity contribution is -0.0933. The fraction of sp³-hybridized carbons (Fsp3) is 0.714. The molecule has 1 spiro atoms. The molecule has 1 aromatic heterocycles. The van der Waals surface area contributed by atoms with Crippen molar-refractivity contribution in [1.82, 2.24) is 5.32 Å². The summed E-state index contributed by atoms with van der Waals surface area (Å²) >= 11 is 9.70. The predicted octanol–water partition coefficient (Wildman–Crippen LogP) is 3.94. The smallest absolute Gasteiger partial charge is 0.0931 e. The highest BCUT2D eigenvalue weighted by Gasteiger charge is 2.38. The summed E-state index contributed by atoms with van der Waals surface area (Å²) in [5.74, 6) is 2.51. The van der Waals surface area contributed by atoms with Crippen LogP contribution >= 0.6 is 34.7 Å². The number of ether oxygens (including phenoxy) is 1. The highest BCUT2D eigenvalue weighted by Crippen LogP contribution is 2.37. The van der Waals surface area contributed by atoms with Gasteiger partial charge in [-0.3, -0.25) is 0 Å². The molecule has 2 saturated heterocycles. The predicted molar refractivity (Wildman–Crippen MR) is 84.4 cm³/mol. The zero-order valence-electron chi connectivity index (χ0n) is 11.0. The van der Waals surface area contributed by atoms with Crippen molar-refractivity contribution in [1.29, 1.82) is 0 Å². The first-order chi connectivity index (χ1) is 9.26. The molecule has 0 saturated carbocycles. The molecule has 1 N–H and O–H groups in total. The van der Waals surface area contributed by atoms with Gasteiger partial charge in [0.2, 0.25) is 0 Å². The number of thioether (sulfide) groups is 1. The van der Waals surface area contributed by atoms with E-state index in [1.807, 2.05) is 6.07 Å². The van der Waals surface area contributed by atoms with Crippen molar-refractivity contribution < 1.29 is 4.74 Å². The summed E-state index contributed by atoms with van der Waals surface area (Å²) in [6.07, 6.45) is 4.75. The summed E-state index contributed by atoms with van der Waals surface area (Å²) in [6, 6.07) is 4.69. The van der Waals surface area contributed by atoms with Crippen molar-refractivity contribution in [3.8, 4) is 0 Å². The molecule has 2 fully saturated rings. The van der Waals surface area contributed by atoms with Crippen LogP contribution in [-0.2, 0) is 11.3 Å². The maximum Gasteiger partial charge on any atom is 0.0931 e. The summed E-state index contributed by atoms with van der Waals surface area (Å²) in [4.78, 5) is 1.32. The molecule has 1 aromatic rings. The van der Waals surface area contributed by atoms with Crippen molar-refractivity contribution in [2.45, 2.75) is 43.9 Å². The second-order valence-corrected chi connectivity index (χ2v) is 8.44. The molecule has 1 unspecified atom stereocenters. The molecule has 2 aliphatic rings. The topological polar surface area (TPSA) is 21.3 Å². The molecule has 106 valence electrons. The third kappa shape index (κ3) is 3.67. The van der Waals surface area contributed by atoms with Crippen LogP contribution in [0.15, 0.2) is 12.1 Å². The molecular weight excluding hydrogens is 298 g/mol. The van der Waals surface area contributed by atoms with E-state index in [2.05, 4.69) is 23.1 Å². The molecule has 0 radical (unpaired) electrons. The van der Waals surface area contributed by atoms with E-state index in [0.717, 1.165) is 23.9 Å². The van der Waals surface area contributed by atoms with Crippen LogP contribution < -0.4 is 5.32 Å². The van der Waals surface area contributed by atoms with E-state index in [0.29, 0.717) is 6.04 Å². The quantitative estimate of drug-likeness (QED) is 0.912. The number of halogens is 1. The van der Waals surface area contributed by atoms with Crippen molar-refractivity contribution >= 4 is 34.7 Å². The first-order valence-corrected chi connectivity index (χ1v) is 9.30. The minimum Gasteiger partial charge on any atom is -0.375 e. The lowest BCUT2D eigenvalue weighted by Gasteiger charge is -2.43. The van der Waals surface area contributed by atoms with Crippen LogP contribution in [0, 0.1) is 0 Å². The average molecular weight is 318 g/mol. The van der Waals surface area contributed by atoms with Gasteiger partial charge in [-0.1, -0.05) is 11.6 Å².